The number of hydrogen-bond acceptors (Lipinski definition) is 1. The summed E-state index contributed by atoms with van der Waals surface area (Å²) in [5.74, 6) is 1.82. The lowest BCUT2D eigenvalue weighted by Crippen LogP contribution is -2.28. The van der Waals surface area contributed by atoms with Crippen molar-refractivity contribution in [3.05, 3.63) is 35.4 Å². The Labute approximate surface area is 125 Å². The summed E-state index contributed by atoms with van der Waals surface area (Å²) in [7, 11) is 2.12. The van der Waals surface area contributed by atoms with Crippen molar-refractivity contribution >= 4 is 0 Å². The number of nitrogens with one attached hydrogen (secondary N) is 1. The molecule has 0 heterocycles. The molecule has 1 aliphatic rings. The largest absolute Gasteiger partial charge is 0.313 e. The average molecular weight is 273 g/mol. The van der Waals surface area contributed by atoms with Crippen molar-refractivity contribution in [2.45, 2.75) is 64.8 Å². The van der Waals surface area contributed by atoms with Crippen molar-refractivity contribution in [3.8, 4) is 0 Å². The quantitative estimate of drug-likeness (QED) is 0.759. The molecule has 1 N–H and O–H groups in total. The normalized spacial score (nSPS) is 24.6. The molecule has 112 valence electrons. The second-order valence-electron chi connectivity index (χ2n) is 6.43. The van der Waals surface area contributed by atoms with Crippen LogP contribution in [-0.2, 0) is 6.42 Å². The zero-order valence-electron chi connectivity index (χ0n) is 13.5. The molecule has 0 amide bonds. The van der Waals surface area contributed by atoms with Crippen LogP contribution in [0.2, 0.25) is 0 Å². The molecule has 0 radical (unpaired) electrons. The molecule has 1 aliphatic carbocycles. The van der Waals surface area contributed by atoms with Gasteiger partial charge >= 0.3 is 0 Å². The fourth-order valence-corrected chi connectivity index (χ4v) is 3.85. The van der Waals surface area contributed by atoms with Gasteiger partial charge in [0.25, 0.3) is 0 Å². The predicted octanol–water partition coefficient (Wildman–Crippen LogP) is 5.12. The second kappa shape index (κ2) is 7.83. The Morgan fingerprint density at radius 3 is 2.20 bits per heavy atom. The second-order valence-corrected chi connectivity index (χ2v) is 6.43. The summed E-state index contributed by atoms with van der Waals surface area (Å²) >= 11 is 0. The number of benzene rings is 1. The Kier molecular flexibility index (Phi) is 6.09. The van der Waals surface area contributed by atoms with E-state index in [1.54, 1.807) is 0 Å². The van der Waals surface area contributed by atoms with Gasteiger partial charge in [0.1, 0.15) is 0 Å². The van der Waals surface area contributed by atoms with Gasteiger partial charge in [-0.2, -0.15) is 0 Å². The third-order valence-corrected chi connectivity index (χ3v) is 5.12. The molecule has 2 rings (SSSR count). The SMILES string of the molecule is CCCC1CCC(C(NC)c2ccc(CC)cc2)CC1. The van der Waals surface area contributed by atoms with Crippen molar-refractivity contribution in [1.82, 2.24) is 5.32 Å². The van der Waals surface area contributed by atoms with Crippen molar-refractivity contribution in [2.24, 2.45) is 11.8 Å². The van der Waals surface area contributed by atoms with Gasteiger partial charge in [0.15, 0.2) is 0 Å². The number of rotatable bonds is 6. The van der Waals surface area contributed by atoms with Gasteiger partial charge in [-0.25, -0.2) is 0 Å². The molecule has 1 aromatic carbocycles. The van der Waals surface area contributed by atoms with E-state index in [1.165, 1.54) is 49.7 Å². The third kappa shape index (κ3) is 3.85. The zero-order valence-corrected chi connectivity index (χ0v) is 13.5. The van der Waals surface area contributed by atoms with Crippen molar-refractivity contribution < 1.29 is 0 Å². The van der Waals surface area contributed by atoms with Gasteiger partial charge in [0, 0.05) is 6.04 Å². The minimum atomic E-state index is 0.545. The molecule has 0 aromatic heterocycles. The van der Waals surface area contributed by atoms with Crippen molar-refractivity contribution in [1.29, 1.82) is 0 Å². The van der Waals surface area contributed by atoms with E-state index in [-0.39, 0.29) is 0 Å². The molecule has 0 bridgehead atoms. The lowest BCUT2D eigenvalue weighted by atomic mass is 9.75. The predicted molar refractivity (Wildman–Crippen MR) is 88.0 cm³/mol. The maximum Gasteiger partial charge on any atom is 0.0346 e. The molecular formula is C19H31N. The van der Waals surface area contributed by atoms with Crippen LogP contribution in [0, 0.1) is 11.8 Å². The van der Waals surface area contributed by atoms with Gasteiger partial charge in [-0.05, 0) is 49.3 Å². The highest BCUT2D eigenvalue weighted by atomic mass is 14.9. The van der Waals surface area contributed by atoms with Crippen LogP contribution in [-0.4, -0.2) is 7.05 Å². The third-order valence-electron chi connectivity index (χ3n) is 5.12. The maximum atomic E-state index is 3.57. The summed E-state index contributed by atoms with van der Waals surface area (Å²) in [6.45, 7) is 4.54. The topological polar surface area (TPSA) is 12.0 Å². The van der Waals surface area contributed by atoms with Crippen LogP contribution < -0.4 is 5.32 Å². The molecule has 0 spiro atoms. The smallest absolute Gasteiger partial charge is 0.0346 e. The Morgan fingerprint density at radius 2 is 1.70 bits per heavy atom. The molecule has 1 atom stereocenters. The van der Waals surface area contributed by atoms with Gasteiger partial charge in [-0.1, -0.05) is 63.8 Å². The first-order valence-corrected chi connectivity index (χ1v) is 8.54. The van der Waals surface area contributed by atoms with Crippen molar-refractivity contribution in [2.75, 3.05) is 7.05 Å². The first-order chi connectivity index (χ1) is 9.78. The van der Waals surface area contributed by atoms with E-state index >= 15 is 0 Å². The highest BCUT2D eigenvalue weighted by Crippen LogP contribution is 2.38. The summed E-state index contributed by atoms with van der Waals surface area (Å²) < 4.78 is 0. The van der Waals surface area contributed by atoms with Gasteiger partial charge in [0.05, 0.1) is 0 Å². The first-order valence-electron chi connectivity index (χ1n) is 8.54. The van der Waals surface area contributed by atoms with Gasteiger partial charge in [-0.3, -0.25) is 0 Å². The molecule has 1 saturated carbocycles. The highest BCUT2D eigenvalue weighted by molar-refractivity contribution is 5.25. The van der Waals surface area contributed by atoms with E-state index in [1.807, 2.05) is 0 Å². The number of aryl methyl sites for hydroxylation is 1. The summed E-state index contributed by atoms with van der Waals surface area (Å²) in [5, 5.41) is 3.57. The van der Waals surface area contributed by atoms with Crippen LogP contribution >= 0.6 is 0 Å². The number of hydrogen-bond donors (Lipinski definition) is 1. The fraction of sp³-hybridized carbons (Fsp3) is 0.684. The fourth-order valence-electron chi connectivity index (χ4n) is 3.85. The molecule has 1 nitrogen and oxygen atoms in total. The van der Waals surface area contributed by atoms with E-state index in [9.17, 15) is 0 Å². The summed E-state index contributed by atoms with van der Waals surface area (Å²) in [6.07, 6.45) is 9.57. The lowest BCUT2D eigenvalue weighted by molar-refractivity contribution is 0.219. The first kappa shape index (κ1) is 15.6. The Hall–Kier alpha value is -0.820. The minimum Gasteiger partial charge on any atom is -0.313 e. The summed E-state index contributed by atoms with van der Waals surface area (Å²) in [5.41, 5.74) is 2.92. The molecule has 1 unspecified atom stereocenters. The van der Waals surface area contributed by atoms with Crippen LogP contribution in [0.1, 0.15) is 69.5 Å². The van der Waals surface area contributed by atoms with Crippen molar-refractivity contribution in [3.63, 3.8) is 0 Å². The molecule has 1 aromatic rings. The van der Waals surface area contributed by atoms with Gasteiger partial charge in [-0.15, -0.1) is 0 Å². The average Bonchev–Trinajstić information content (AvgIpc) is 2.51. The van der Waals surface area contributed by atoms with Gasteiger partial charge in [0.2, 0.25) is 0 Å². The molecule has 0 saturated heterocycles. The Morgan fingerprint density at radius 1 is 1.05 bits per heavy atom. The van der Waals surface area contributed by atoms with Crippen LogP contribution in [0.25, 0.3) is 0 Å². The lowest BCUT2D eigenvalue weighted by Gasteiger charge is -2.34. The summed E-state index contributed by atoms with van der Waals surface area (Å²) in [4.78, 5) is 0. The van der Waals surface area contributed by atoms with Crippen LogP contribution in [0.5, 0.6) is 0 Å². The highest BCUT2D eigenvalue weighted by Gasteiger charge is 2.27. The van der Waals surface area contributed by atoms with Crippen LogP contribution in [0.4, 0.5) is 0 Å². The molecule has 20 heavy (non-hydrogen) atoms. The van der Waals surface area contributed by atoms with Crippen LogP contribution in [0.3, 0.4) is 0 Å². The van der Waals surface area contributed by atoms with E-state index < -0.39 is 0 Å². The van der Waals surface area contributed by atoms with Gasteiger partial charge < -0.3 is 5.32 Å². The molecule has 1 heteroatoms. The monoisotopic (exact) mass is 273 g/mol. The Bertz CT molecular complexity index is 373. The van der Waals surface area contributed by atoms with E-state index in [0.29, 0.717) is 6.04 Å². The zero-order chi connectivity index (χ0) is 14.4. The van der Waals surface area contributed by atoms with E-state index in [0.717, 1.165) is 18.3 Å². The molecular weight excluding hydrogens is 242 g/mol. The van der Waals surface area contributed by atoms with E-state index in [4.69, 9.17) is 0 Å². The van der Waals surface area contributed by atoms with E-state index in [2.05, 4.69) is 50.5 Å². The summed E-state index contributed by atoms with van der Waals surface area (Å²) in [6, 6.07) is 9.80. The minimum absolute atomic E-state index is 0.545. The Balaban J connectivity index is 1.97. The molecule has 1 fully saturated rings. The van der Waals surface area contributed by atoms with Crippen LogP contribution in [0.15, 0.2) is 24.3 Å². The maximum absolute atomic E-state index is 3.57. The standard InChI is InChI=1S/C19H31N/c1-4-6-16-9-13-18(14-10-16)19(20-3)17-11-7-15(5-2)8-12-17/h7-8,11-12,16,18-20H,4-6,9-10,13-14H2,1-3H3. The molecule has 0 aliphatic heterocycles.